The number of unbranched alkanes of at least 4 members (excludes halogenated alkanes) is 2. The summed E-state index contributed by atoms with van der Waals surface area (Å²) >= 11 is 0. The number of nitrogens with two attached hydrogens (primary N) is 1. The average Bonchev–Trinajstić information content (AvgIpc) is 2.46. The van der Waals surface area contributed by atoms with Crippen LogP contribution in [0.15, 0.2) is 24.3 Å². The van der Waals surface area contributed by atoms with E-state index >= 15 is 0 Å². The van der Waals surface area contributed by atoms with Crippen molar-refractivity contribution in [1.82, 2.24) is 5.43 Å². The number of ether oxygens (including phenoxy) is 2. The third-order valence-electron chi connectivity index (χ3n) is 2.78. The first-order chi connectivity index (χ1) is 9.26. The van der Waals surface area contributed by atoms with E-state index in [0.717, 1.165) is 30.6 Å². The molecular weight excluding hydrogens is 244 g/mol. The van der Waals surface area contributed by atoms with E-state index in [1.54, 1.807) is 7.11 Å². The van der Waals surface area contributed by atoms with Gasteiger partial charge in [-0.1, -0.05) is 18.6 Å². The number of nitrogens with one attached hydrogen (secondary N) is 1. The van der Waals surface area contributed by atoms with E-state index in [2.05, 4.69) is 5.43 Å². The van der Waals surface area contributed by atoms with Crippen LogP contribution in [0.1, 0.15) is 31.2 Å². The first-order valence-electron chi connectivity index (χ1n) is 6.46. The molecule has 1 amide bonds. The minimum atomic E-state index is -0.112. The Bertz CT molecular complexity index is 365. The van der Waals surface area contributed by atoms with Crippen LogP contribution in [-0.2, 0) is 16.1 Å². The lowest BCUT2D eigenvalue weighted by Crippen LogP contribution is -2.29. The van der Waals surface area contributed by atoms with Gasteiger partial charge in [0.15, 0.2) is 0 Å². The van der Waals surface area contributed by atoms with E-state index < -0.39 is 0 Å². The fraction of sp³-hybridized carbons (Fsp3) is 0.500. The Morgan fingerprint density at radius 3 is 2.58 bits per heavy atom. The van der Waals surface area contributed by atoms with Crippen LogP contribution in [0.5, 0.6) is 5.75 Å². The van der Waals surface area contributed by atoms with Crippen molar-refractivity contribution in [2.24, 2.45) is 5.84 Å². The second kappa shape index (κ2) is 9.35. The van der Waals surface area contributed by atoms with Crippen molar-refractivity contribution < 1.29 is 14.3 Å². The van der Waals surface area contributed by atoms with Gasteiger partial charge < -0.3 is 9.47 Å². The molecule has 0 saturated heterocycles. The molecular formula is C14H22N2O3. The summed E-state index contributed by atoms with van der Waals surface area (Å²) in [6.45, 7) is 1.31. The van der Waals surface area contributed by atoms with Gasteiger partial charge in [0.2, 0.25) is 5.91 Å². The minimum Gasteiger partial charge on any atom is -0.497 e. The Morgan fingerprint density at radius 1 is 1.21 bits per heavy atom. The Hall–Kier alpha value is -1.59. The van der Waals surface area contributed by atoms with Gasteiger partial charge in [-0.3, -0.25) is 10.2 Å². The quantitative estimate of drug-likeness (QED) is 0.309. The molecule has 3 N–H and O–H groups in total. The van der Waals surface area contributed by atoms with Crippen molar-refractivity contribution in [3.05, 3.63) is 29.8 Å². The second-order valence-corrected chi connectivity index (χ2v) is 4.28. The SMILES string of the molecule is COc1ccc(COCCCCCC(=O)NN)cc1. The maximum absolute atomic E-state index is 10.9. The van der Waals surface area contributed by atoms with Gasteiger partial charge in [0.25, 0.3) is 0 Å². The fourth-order valence-corrected chi connectivity index (χ4v) is 1.65. The summed E-state index contributed by atoms with van der Waals surface area (Å²) in [5.41, 5.74) is 3.25. The number of carbonyl (C=O) groups excluding carboxylic acids is 1. The average molecular weight is 266 g/mol. The Balaban J connectivity index is 2.02. The highest BCUT2D eigenvalue weighted by atomic mass is 16.5. The molecule has 5 nitrogen and oxygen atoms in total. The third kappa shape index (κ3) is 6.79. The summed E-state index contributed by atoms with van der Waals surface area (Å²) in [6, 6.07) is 7.82. The monoisotopic (exact) mass is 266 g/mol. The molecule has 0 aromatic heterocycles. The van der Waals surface area contributed by atoms with Crippen molar-refractivity contribution in [2.75, 3.05) is 13.7 Å². The Kier molecular flexibility index (Phi) is 7.62. The molecule has 19 heavy (non-hydrogen) atoms. The zero-order chi connectivity index (χ0) is 13.9. The predicted molar refractivity (Wildman–Crippen MR) is 73.4 cm³/mol. The Morgan fingerprint density at radius 2 is 1.95 bits per heavy atom. The molecule has 0 radical (unpaired) electrons. The fourth-order valence-electron chi connectivity index (χ4n) is 1.65. The molecule has 0 spiro atoms. The van der Waals surface area contributed by atoms with Gasteiger partial charge >= 0.3 is 0 Å². The van der Waals surface area contributed by atoms with Gasteiger partial charge in [0.05, 0.1) is 13.7 Å². The van der Waals surface area contributed by atoms with Crippen LogP contribution in [-0.4, -0.2) is 19.6 Å². The topological polar surface area (TPSA) is 73.6 Å². The molecule has 0 saturated carbocycles. The molecule has 0 aliphatic carbocycles. The molecule has 0 atom stereocenters. The van der Waals surface area contributed by atoms with Crippen LogP contribution < -0.4 is 16.0 Å². The molecule has 0 unspecified atom stereocenters. The molecule has 1 aromatic rings. The highest BCUT2D eigenvalue weighted by Crippen LogP contribution is 2.12. The smallest absolute Gasteiger partial charge is 0.233 e. The second-order valence-electron chi connectivity index (χ2n) is 4.28. The molecule has 1 rings (SSSR count). The minimum absolute atomic E-state index is 0.112. The molecule has 0 heterocycles. The number of methoxy groups -OCH3 is 1. The van der Waals surface area contributed by atoms with Crippen LogP contribution in [0, 0.1) is 0 Å². The first-order valence-corrected chi connectivity index (χ1v) is 6.46. The molecule has 0 fully saturated rings. The van der Waals surface area contributed by atoms with Crippen molar-refractivity contribution in [2.45, 2.75) is 32.3 Å². The summed E-state index contributed by atoms with van der Waals surface area (Å²) in [5, 5.41) is 0. The maximum atomic E-state index is 10.9. The summed E-state index contributed by atoms with van der Waals surface area (Å²) in [7, 11) is 1.65. The van der Waals surface area contributed by atoms with E-state index in [9.17, 15) is 4.79 Å². The van der Waals surface area contributed by atoms with Crippen molar-refractivity contribution in [3.8, 4) is 5.75 Å². The van der Waals surface area contributed by atoms with Crippen molar-refractivity contribution in [3.63, 3.8) is 0 Å². The summed E-state index contributed by atoms with van der Waals surface area (Å²) in [6.07, 6.45) is 3.24. The van der Waals surface area contributed by atoms with Crippen molar-refractivity contribution >= 4 is 5.91 Å². The van der Waals surface area contributed by atoms with E-state index in [4.69, 9.17) is 15.3 Å². The Labute approximate surface area is 114 Å². The number of hydrazine groups is 1. The van der Waals surface area contributed by atoms with E-state index in [-0.39, 0.29) is 5.91 Å². The summed E-state index contributed by atoms with van der Waals surface area (Å²) in [5.74, 6) is 5.72. The van der Waals surface area contributed by atoms with Crippen LogP contribution >= 0.6 is 0 Å². The lowest BCUT2D eigenvalue weighted by molar-refractivity contribution is -0.121. The third-order valence-corrected chi connectivity index (χ3v) is 2.78. The molecule has 0 aliphatic heterocycles. The van der Waals surface area contributed by atoms with Gasteiger partial charge in [-0.15, -0.1) is 0 Å². The summed E-state index contributed by atoms with van der Waals surface area (Å²) in [4.78, 5) is 10.9. The first kappa shape index (κ1) is 15.5. The maximum Gasteiger partial charge on any atom is 0.233 e. The number of rotatable bonds is 9. The number of hydrogen-bond acceptors (Lipinski definition) is 4. The molecule has 106 valence electrons. The zero-order valence-electron chi connectivity index (χ0n) is 11.4. The molecule has 5 heteroatoms. The van der Waals surface area contributed by atoms with Gasteiger partial charge in [0, 0.05) is 13.0 Å². The van der Waals surface area contributed by atoms with Crippen LogP contribution in [0.25, 0.3) is 0 Å². The van der Waals surface area contributed by atoms with Crippen LogP contribution in [0.2, 0.25) is 0 Å². The zero-order valence-corrected chi connectivity index (χ0v) is 11.4. The van der Waals surface area contributed by atoms with Gasteiger partial charge in [-0.05, 0) is 30.5 Å². The molecule has 0 bridgehead atoms. The highest BCUT2D eigenvalue weighted by Gasteiger charge is 1.98. The molecule has 1 aromatic carbocycles. The van der Waals surface area contributed by atoms with E-state index in [1.165, 1.54) is 0 Å². The lowest BCUT2D eigenvalue weighted by Gasteiger charge is -2.05. The molecule has 0 aliphatic rings. The van der Waals surface area contributed by atoms with E-state index in [1.807, 2.05) is 24.3 Å². The number of carbonyl (C=O) groups is 1. The normalized spacial score (nSPS) is 10.2. The van der Waals surface area contributed by atoms with Gasteiger partial charge in [-0.2, -0.15) is 0 Å². The van der Waals surface area contributed by atoms with Crippen LogP contribution in [0.4, 0.5) is 0 Å². The van der Waals surface area contributed by atoms with Crippen LogP contribution in [0.3, 0.4) is 0 Å². The van der Waals surface area contributed by atoms with E-state index in [0.29, 0.717) is 19.6 Å². The van der Waals surface area contributed by atoms with Gasteiger partial charge in [-0.25, -0.2) is 5.84 Å². The number of benzene rings is 1. The highest BCUT2D eigenvalue weighted by molar-refractivity contribution is 5.74. The lowest BCUT2D eigenvalue weighted by atomic mass is 10.2. The predicted octanol–water partition coefficient (Wildman–Crippen LogP) is 1.76. The standard InChI is InChI=1S/C14H22N2O3/c1-18-13-8-6-12(7-9-13)11-19-10-4-2-3-5-14(17)16-15/h6-9H,2-5,10-11,15H2,1H3,(H,16,17). The summed E-state index contributed by atoms with van der Waals surface area (Å²) < 4.78 is 10.6. The van der Waals surface area contributed by atoms with Gasteiger partial charge in [0.1, 0.15) is 5.75 Å². The number of hydrogen-bond donors (Lipinski definition) is 2. The van der Waals surface area contributed by atoms with Crippen molar-refractivity contribution in [1.29, 1.82) is 0 Å². The largest absolute Gasteiger partial charge is 0.497 e. The number of amides is 1.